The smallest absolute Gasteiger partial charge is 0.308 e. The molecule has 0 aromatic heterocycles. The van der Waals surface area contributed by atoms with Gasteiger partial charge in [-0.3, -0.25) is 19.3 Å². The normalized spacial score (nSPS) is 24.3. The van der Waals surface area contributed by atoms with Gasteiger partial charge in [-0.25, -0.2) is 0 Å². The molecule has 21 heavy (non-hydrogen) atoms. The SMILES string of the molecule is COCC(C)NC(=O)CN1CCC(C(=O)O)C(C(=O)O)C1. The molecule has 0 radical (unpaired) electrons. The molecule has 0 aromatic rings. The van der Waals surface area contributed by atoms with Crippen LogP contribution in [0.2, 0.25) is 0 Å². The van der Waals surface area contributed by atoms with Crippen molar-refractivity contribution in [3.8, 4) is 0 Å². The summed E-state index contributed by atoms with van der Waals surface area (Å²) < 4.78 is 4.91. The second kappa shape index (κ2) is 7.94. The third kappa shape index (κ3) is 5.31. The molecular formula is C13H22N2O6. The van der Waals surface area contributed by atoms with Gasteiger partial charge in [-0.15, -0.1) is 0 Å². The molecule has 1 rings (SSSR count). The van der Waals surface area contributed by atoms with Gasteiger partial charge >= 0.3 is 11.9 Å². The average Bonchev–Trinajstić information content (AvgIpc) is 2.38. The van der Waals surface area contributed by atoms with Gasteiger partial charge in [-0.2, -0.15) is 0 Å². The number of carboxylic acids is 2. The van der Waals surface area contributed by atoms with Crippen molar-refractivity contribution in [2.24, 2.45) is 11.8 Å². The van der Waals surface area contributed by atoms with Gasteiger partial charge in [0.15, 0.2) is 0 Å². The topological polar surface area (TPSA) is 116 Å². The monoisotopic (exact) mass is 302 g/mol. The van der Waals surface area contributed by atoms with E-state index in [2.05, 4.69) is 5.32 Å². The van der Waals surface area contributed by atoms with Gasteiger partial charge in [-0.1, -0.05) is 0 Å². The molecule has 8 nitrogen and oxygen atoms in total. The molecule has 1 aliphatic heterocycles. The van der Waals surface area contributed by atoms with Crippen LogP contribution < -0.4 is 5.32 Å². The van der Waals surface area contributed by atoms with E-state index in [0.717, 1.165) is 0 Å². The molecule has 0 aromatic carbocycles. The summed E-state index contributed by atoms with van der Waals surface area (Å²) in [5.41, 5.74) is 0. The second-order valence-electron chi connectivity index (χ2n) is 5.34. The number of carboxylic acid groups (broad SMARTS) is 2. The van der Waals surface area contributed by atoms with Crippen LogP contribution in [0.1, 0.15) is 13.3 Å². The first-order chi connectivity index (χ1) is 9.85. The quantitative estimate of drug-likeness (QED) is 0.566. The molecule has 120 valence electrons. The first-order valence-electron chi connectivity index (χ1n) is 6.81. The maximum atomic E-state index is 11.8. The summed E-state index contributed by atoms with van der Waals surface area (Å²) >= 11 is 0. The Morgan fingerprint density at radius 2 is 1.90 bits per heavy atom. The third-order valence-electron chi connectivity index (χ3n) is 3.52. The Kier molecular flexibility index (Phi) is 6.57. The van der Waals surface area contributed by atoms with Crippen LogP contribution in [-0.2, 0) is 19.1 Å². The highest BCUT2D eigenvalue weighted by molar-refractivity contribution is 5.81. The lowest BCUT2D eigenvalue weighted by molar-refractivity contribution is -0.157. The van der Waals surface area contributed by atoms with Crippen molar-refractivity contribution in [2.75, 3.05) is 33.4 Å². The van der Waals surface area contributed by atoms with Gasteiger partial charge in [0.2, 0.25) is 5.91 Å². The molecule has 0 bridgehead atoms. The molecule has 8 heteroatoms. The Morgan fingerprint density at radius 1 is 1.29 bits per heavy atom. The van der Waals surface area contributed by atoms with E-state index in [9.17, 15) is 14.4 Å². The van der Waals surface area contributed by atoms with Crippen LogP contribution in [0.15, 0.2) is 0 Å². The molecule has 3 unspecified atom stereocenters. The number of hydrogen-bond donors (Lipinski definition) is 3. The van der Waals surface area contributed by atoms with Gasteiger partial charge < -0.3 is 20.3 Å². The number of nitrogens with zero attached hydrogens (tertiary/aromatic N) is 1. The standard InChI is InChI=1S/C13H22N2O6/c1-8(7-21-2)14-11(16)6-15-4-3-9(12(17)18)10(5-15)13(19)20/h8-10H,3-7H2,1-2H3,(H,14,16)(H,17,18)(H,19,20). The van der Waals surface area contributed by atoms with Crippen LogP contribution in [0, 0.1) is 11.8 Å². The van der Waals surface area contributed by atoms with Crippen LogP contribution in [0.5, 0.6) is 0 Å². The summed E-state index contributed by atoms with van der Waals surface area (Å²) in [5.74, 6) is -4.34. The number of nitrogens with one attached hydrogen (secondary N) is 1. The first kappa shape index (κ1) is 17.4. The third-order valence-corrected chi connectivity index (χ3v) is 3.52. The van der Waals surface area contributed by atoms with Crippen molar-refractivity contribution >= 4 is 17.8 Å². The molecule has 0 spiro atoms. The Bertz CT molecular complexity index is 400. The molecule has 3 N–H and O–H groups in total. The molecule has 1 amide bonds. The average molecular weight is 302 g/mol. The number of hydrogen-bond acceptors (Lipinski definition) is 5. The zero-order valence-corrected chi connectivity index (χ0v) is 12.2. The molecule has 1 aliphatic rings. The first-order valence-corrected chi connectivity index (χ1v) is 6.81. The van der Waals surface area contributed by atoms with E-state index in [1.807, 2.05) is 0 Å². The highest BCUT2D eigenvalue weighted by Crippen LogP contribution is 2.24. The number of aliphatic carboxylic acids is 2. The highest BCUT2D eigenvalue weighted by Gasteiger charge is 2.39. The lowest BCUT2D eigenvalue weighted by atomic mass is 9.85. The lowest BCUT2D eigenvalue weighted by Crippen LogP contribution is -2.50. The fourth-order valence-electron chi connectivity index (χ4n) is 2.52. The number of carbonyl (C=O) groups is 3. The minimum atomic E-state index is -1.14. The number of amides is 1. The van der Waals surface area contributed by atoms with Crippen molar-refractivity contribution in [1.29, 1.82) is 0 Å². The van der Waals surface area contributed by atoms with E-state index in [0.29, 0.717) is 13.2 Å². The summed E-state index contributed by atoms with van der Waals surface area (Å²) in [5, 5.41) is 20.9. The summed E-state index contributed by atoms with van der Waals surface area (Å²) in [4.78, 5) is 35.7. The maximum absolute atomic E-state index is 11.8. The molecule has 0 aliphatic carbocycles. The van der Waals surface area contributed by atoms with Crippen molar-refractivity contribution in [3.05, 3.63) is 0 Å². The van der Waals surface area contributed by atoms with Gasteiger partial charge in [-0.05, 0) is 19.9 Å². The minimum absolute atomic E-state index is 0.0597. The van der Waals surface area contributed by atoms with E-state index in [1.165, 1.54) is 7.11 Å². The zero-order chi connectivity index (χ0) is 16.0. The van der Waals surface area contributed by atoms with E-state index in [1.54, 1.807) is 11.8 Å². The molecular weight excluding hydrogens is 280 g/mol. The summed E-state index contributed by atoms with van der Waals surface area (Å²) in [6, 6.07) is -0.130. The highest BCUT2D eigenvalue weighted by atomic mass is 16.5. The predicted octanol–water partition coefficient (Wildman–Crippen LogP) is -0.755. The van der Waals surface area contributed by atoms with Gasteiger partial charge in [0.05, 0.1) is 25.0 Å². The van der Waals surface area contributed by atoms with Gasteiger partial charge in [0.1, 0.15) is 0 Å². The predicted molar refractivity (Wildman–Crippen MR) is 72.8 cm³/mol. The lowest BCUT2D eigenvalue weighted by Gasteiger charge is -2.34. The molecule has 1 fully saturated rings. The van der Waals surface area contributed by atoms with E-state index in [4.69, 9.17) is 14.9 Å². The Morgan fingerprint density at radius 3 is 2.43 bits per heavy atom. The van der Waals surface area contributed by atoms with Gasteiger partial charge in [0, 0.05) is 19.7 Å². The molecule has 0 saturated carbocycles. The Hall–Kier alpha value is -1.67. The largest absolute Gasteiger partial charge is 0.481 e. The Balaban J connectivity index is 2.53. The fourth-order valence-corrected chi connectivity index (χ4v) is 2.52. The van der Waals surface area contributed by atoms with Crippen molar-refractivity contribution in [1.82, 2.24) is 10.2 Å². The molecule has 3 atom stereocenters. The zero-order valence-electron chi connectivity index (χ0n) is 12.2. The van der Waals surface area contributed by atoms with E-state index >= 15 is 0 Å². The summed E-state index contributed by atoms with van der Waals surface area (Å²) in [6.45, 7) is 2.72. The minimum Gasteiger partial charge on any atom is -0.481 e. The second-order valence-corrected chi connectivity index (χ2v) is 5.34. The number of piperidine rings is 1. The van der Waals surface area contributed by atoms with E-state index < -0.39 is 23.8 Å². The van der Waals surface area contributed by atoms with Crippen LogP contribution in [0.25, 0.3) is 0 Å². The summed E-state index contributed by atoms with van der Waals surface area (Å²) in [6.07, 6.45) is 0.229. The van der Waals surface area contributed by atoms with Crippen LogP contribution in [0.3, 0.4) is 0 Å². The fraction of sp³-hybridized carbons (Fsp3) is 0.769. The Labute approximate surface area is 123 Å². The number of likely N-dealkylation sites (tertiary alicyclic amines) is 1. The molecule has 1 saturated heterocycles. The number of methoxy groups -OCH3 is 1. The van der Waals surface area contributed by atoms with Crippen molar-refractivity contribution in [2.45, 2.75) is 19.4 Å². The van der Waals surface area contributed by atoms with Crippen LogP contribution in [0.4, 0.5) is 0 Å². The van der Waals surface area contributed by atoms with Crippen LogP contribution in [-0.4, -0.2) is 72.4 Å². The number of rotatable bonds is 7. The van der Waals surface area contributed by atoms with Crippen molar-refractivity contribution in [3.63, 3.8) is 0 Å². The van der Waals surface area contributed by atoms with Crippen LogP contribution >= 0.6 is 0 Å². The number of carbonyl (C=O) groups excluding carboxylic acids is 1. The van der Waals surface area contributed by atoms with E-state index in [-0.39, 0.29) is 31.5 Å². The molecule has 1 heterocycles. The summed E-state index contributed by atoms with van der Waals surface area (Å²) in [7, 11) is 1.54. The number of ether oxygens (including phenoxy) is 1. The van der Waals surface area contributed by atoms with Crippen molar-refractivity contribution < 1.29 is 29.3 Å². The van der Waals surface area contributed by atoms with Gasteiger partial charge in [0.25, 0.3) is 0 Å². The maximum Gasteiger partial charge on any atom is 0.308 e.